The number of hydrogen-bond acceptors (Lipinski definition) is 3. The summed E-state index contributed by atoms with van der Waals surface area (Å²) < 4.78 is 0. The molecule has 1 rings (SSSR count). The Hall–Kier alpha value is -0.220. The molecular weight excluding hydrogens is 258 g/mol. The zero-order chi connectivity index (χ0) is 11.4. The molecule has 2 N–H and O–H groups in total. The summed E-state index contributed by atoms with van der Waals surface area (Å²) in [5, 5.41) is 13.0. The molecule has 0 amide bonds. The van der Waals surface area contributed by atoms with E-state index in [0.29, 0.717) is 28.8 Å². The van der Waals surface area contributed by atoms with Gasteiger partial charge in [-0.2, -0.15) is 0 Å². The first-order chi connectivity index (χ1) is 7.00. The maximum atomic E-state index is 9.06. The van der Waals surface area contributed by atoms with E-state index in [4.69, 9.17) is 39.9 Å². The van der Waals surface area contributed by atoms with Crippen LogP contribution in [-0.4, -0.2) is 22.7 Å². The maximum Gasteiger partial charge on any atom is 0.150 e. The second-order valence-electron chi connectivity index (χ2n) is 3.16. The molecule has 1 unspecified atom stereocenters. The fourth-order valence-corrected chi connectivity index (χ4v) is 1.53. The van der Waals surface area contributed by atoms with E-state index in [2.05, 4.69) is 10.3 Å². The molecule has 1 aromatic heterocycles. The lowest BCUT2D eigenvalue weighted by Crippen LogP contribution is -2.10. The number of anilines is 1. The Morgan fingerprint density at radius 1 is 1.40 bits per heavy atom. The molecule has 0 aliphatic rings. The van der Waals surface area contributed by atoms with E-state index in [1.54, 1.807) is 6.92 Å². The molecule has 0 saturated carbocycles. The number of nitrogens with zero attached hydrogens (tertiary/aromatic N) is 1. The topological polar surface area (TPSA) is 45.1 Å². The minimum atomic E-state index is -0.362. The normalized spacial score (nSPS) is 12.6. The van der Waals surface area contributed by atoms with E-state index in [1.807, 2.05) is 0 Å². The number of aromatic nitrogens is 1. The Kier molecular flexibility index (Phi) is 4.93. The van der Waals surface area contributed by atoms with Crippen LogP contribution in [0, 0.1) is 0 Å². The number of pyridine rings is 1. The summed E-state index contributed by atoms with van der Waals surface area (Å²) in [7, 11) is 0. The van der Waals surface area contributed by atoms with Gasteiger partial charge in [0.05, 0.1) is 16.1 Å². The quantitative estimate of drug-likeness (QED) is 0.825. The van der Waals surface area contributed by atoms with Gasteiger partial charge in [-0.25, -0.2) is 4.98 Å². The van der Waals surface area contributed by atoms with Crippen molar-refractivity contribution < 1.29 is 5.11 Å². The number of aliphatic hydroxyl groups excluding tert-OH is 1. The van der Waals surface area contributed by atoms with Gasteiger partial charge in [0, 0.05) is 6.54 Å². The summed E-state index contributed by atoms with van der Waals surface area (Å²) in [6.07, 6.45) is 0.247. The molecule has 15 heavy (non-hydrogen) atoms. The molecule has 84 valence electrons. The first-order valence-electron chi connectivity index (χ1n) is 4.44. The number of hydrogen-bond donors (Lipinski definition) is 2. The molecular formula is C9H11Cl3N2O. The highest BCUT2D eigenvalue weighted by atomic mass is 35.5. The monoisotopic (exact) mass is 268 g/mol. The van der Waals surface area contributed by atoms with E-state index in [1.165, 1.54) is 6.07 Å². The number of aliphatic hydroxyl groups is 1. The van der Waals surface area contributed by atoms with Gasteiger partial charge in [0.25, 0.3) is 0 Å². The summed E-state index contributed by atoms with van der Waals surface area (Å²) in [6, 6.07) is 1.53. The maximum absolute atomic E-state index is 9.06. The highest BCUT2D eigenvalue weighted by molar-refractivity contribution is 6.42. The van der Waals surface area contributed by atoms with Crippen LogP contribution in [-0.2, 0) is 0 Å². The molecule has 0 aliphatic carbocycles. The van der Waals surface area contributed by atoms with Crippen LogP contribution in [0.4, 0.5) is 5.82 Å². The third-order valence-corrected chi connectivity index (χ3v) is 2.70. The third kappa shape index (κ3) is 4.03. The Morgan fingerprint density at radius 2 is 2.07 bits per heavy atom. The average Bonchev–Trinajstić information content (AvgIpc) is 2.13. The van der Waals surface area contributed by atoms with Gasteiger partial charge in [-0.3, -0.25) is 0 Å². The van der Waals surface area contributed by atoms with E-state index in [-0.39, 0.29) is 11.3 Å². The SMILES string of the molecule is CC(O)CCNc1nc(Cl)c(Cl)cc1Cl. The van der Waals surface area contributed by atoms with Gasteiger partial charge in [-0.15, -0.1) is 0 Å². The van der Waals surface area contributed by atoms with Crippen LogP contribution in [0.25, 0.3) is 0 Å². The van der Waals surface area contributed by atoms with Gasteiger partial charge in [-0.1, -0.05) is 34.8 Å². The zero-order valence-corrected chi connectivity index (χ0v) is 10.4. The van der Waals surface area contributed by atoms with Gasteiger partial charge >= 0.3 is 0 Å². The number of halogens is 3. The van der Waals surface area contributed by atoms with Crippen LogP contribution in [0.15, 0.2) is 6.07 Å². The molecule has 0 aliphatic heterocycles. The lowest BCUT2D eigenvalue weighted by atomic mass is 10.3. The Bertz CT molecular complexity index is 344. The number of rotatable bonds is 4. The first-order valence-corrected chi connectivity index (χ1v) is 5.57. The minimum absolute atomic E-state index is 0.209. The summed E-state index contributed by atoms with van der Waals surface area (Å²) in [5.74, 6) is 0.478. The lowest BCUT2D eigenvalue weighted by Gasteiger charge is -2.09. The smallest absolute Gasteiger partial charge is 0.150 e. The molecule has 0 fully saturated rings. The van der Waals surface area contributed by atoms with Crippen molar-refractivity contribution in [2.45, 2.75) is 19.4 Å². The molecule has 1 atom stereocenters. The summed E-state index contributed by atoms with van der Waals surface area (Å²) in [6.45, 7) is 2.29. The van der Waals surface area contributed by atoms with Gasteiger partial charge < -0.3 is 10.4 Å². The predicted octanol–water partition coefficient (Wildman–Crippen LogP) is 3.22. The highest BCUT2D eigenvalue weighted by Crippen LogP contribution is 2.28. The molecule has 0 spiro atoms. The number of nitrogens with one attached hydrogen (secondary N) is 1. The van der Waals surface area contributed by atoms with Gasteiger partial charge in [0.2, 0.25) is 0 Å². The van der Waals surface area contributed by atoms with Crippen molar-refractivity contribution in [3.8, 4) is 0 Å². The van der Waals surface area contributed by atoms with Crippen LogP contribution in [0.3, 0.4) is 0 Å². The zero-order valence-electron chi connectivity index (χ0n) is 8.10. The molecule has 3 nitrogen and oxygen atoms in total. The van der Waals surface area contributed by atoms with Gasteiger partial charge in [0.1, 0.15) is 11.0 Å². The Balaban J connectivity index is 2.65. The third-order valence-electron chi connectivity index (χ3n) is 1.74. The van der Waals surface area contributed by atoms with Crippen molar-refractivity contribution in [3.63, 3.8) is 0 Å². The fourth-order valence-electron chi connectivity index (χ4n) is 0.968. The van der Waals surface area contributed by atoms with Gasteiger partial charge in [-0.05, 0) is 19.4 Å². The second kappa shape index (κ2) is 5.75. The van der Waals surface area contributed by atoms with Crippen LogP contribution in [0.2, 0.25) is 15.2 Å². The molecule has 0 radical (unpaired) electrons. The van der Waals surface area contributed by atoms with E-state index < -0.39 is 0 Å². The van der Waals surface area contributed by atoms with Crippen molar-refractivity contribution in [1.82, 2.24) is 4.98 Å². The second-order valence-corrected chi connectivity index (χ2v) is 4.33. The van der Waals surface area contributed by atoms with E-state index >= 15 is 0 Å². The predicted molar refractivity (Wildman–Crippen MR) is 64.1 cm³/mol. The molecule has 0 saturated heterocycles. The van der Waals surface area contributed by atoms with Gasteiger partial charge in [0.15, 0.2) is 0 Å². The minimum Gasteiger partial charge on any atom is -0.393 e. The summed E-state index contributed by atoms with van der Waals surface area (Å²) in [4.78, 5) is 3.98. The molecule has 6 heteroatoms. The highest BCUT2D eigenvalue weighted by Gasteiger charge is 2.07. The average molecular weight is 270 g/mol. The summed E-state index contributed by atoms with van der Waals surface area (Å²) >= 11 is 17.3. The van der Waals surface area contributed by atoms with Crippen LogP contribution >= 0.6 is 34.8 Å². The van der Waals surface area contributed by atoms with E-state index in [0.717, 1.165) is 0 Å². The van der Waals surface area contributed by atoms with Crippen LogP contribution in [0.1, 0.15) is 13.3 Å². The fraction of sp³-hybridized carbons (Fsp3) is 0.444. The first kappa shape index (κ1) is 12.8. The Labute approximate surface area is 103 Å². The Morgan fingerprint density at radius 3 is 2.67 bits per heavy atom. The van der Waals surface area contributed by atoms with Crippen molar-refractivity contribution in [1.29, 1.82) is 0 Å². The largest absolute Gasteiger partial charge is 0.393 e. The van der Waals surface area contributed by atoms with Crippen LogP contribution in [0.5, 0.6) is 0 Å². The van der Waals surface area contributed by atoms with E-state index in [9.17, 15) is 0 Å². The molecule has 1 heterocycles. The molecule has 0 bridgehead atoms. The standard InChI is InChI=1S/C9H11Cl3N2O/c1-5(15)2-3-13-9-7(11)4-6(10)8(12)14-9/h4-5,15H,2-3H2,1H3,(H,13,14). The van der Waals surface area contributed by atoms with Crippen molar-refractivity contribution in [2.75, 3.05) is 11.9 Å². The lowest BCUT2D eigenvalue weighted by molar-refractivity contribution is 0.188. The molecule has 0 aromatic carbocycles. The van der Waals surface area contributed by atoms with Crippen molar-refractivity contribution >= 4 is 40.6 Å². The van der Waals surface area contributed by atoms with Crippen molar-refractivity contribution in [2.24, 2.45) is 0 Å². The summed E-state index contributed by atoms with van der Waals surface area (Å²) in [5.41, 5.74) is 0. The van der Waals surface area contributed by atoms with Crippen molar-refractivity contribution in [3.05, 3.63) is 21.3 Å². The van der Waals surface area contributed by atoms with Crippen LogP contribution < -0.4 is 5.32 Å². The molecule has 1 aromatic rings.